The van der Waals surface area contributed by atoms with Crippen LogP contribution < -0.4 is 10.1 Å². The van der Waals surface area contributed by atoms with Gasteiger partial charge in [0.1, 0.15) is 11.3 Å². The molecule has 3 aromatic carbocycles. The number of carbonyl (C=O) groups excluding carboxylic acids is 1. The zero-order valence-corrected chi connectivity index (χ0v) is 18.7. The smallest absolute Gasteiger partial charge is 0.306 e. The molecular formula is C26H21FN2O5. The Morgan fingerprint density at radius 1 is 1.15 bits per heavy atom. The number of halogens is 1. The fraction of sp³-hybridized carbons (Fsp3) is 0.115. The van der Waals surface area contributed by atoms with Crippen LogP contribution in [0.3, 0.4) is 0 Å². The Kier molecular flexibility index (Phi) is 6.14. The Morgan fingerprint density at radius 2 is 1.88 bits per heavy atom. The quantitative estimate of drug-likeness (QED) is 0.201. The molecule has 1 aromatic heterocycles. The van der Waals surface area contributed by atoms with Crippen LogP contribution in [0.2, 0.25) is 0 Å². The Labute approximate surface area is 194 Å². The highest BCUT2D eigenvalue weighted by Crippen LogP contribution is 2.37. The number of carbonyl (C=O) groups is 1. The van der Waals surface area contributed by atoms with E-state index in [1.54, 1.807) is 19.3 Å². The Hall–Kier alpha value is -4.46. The fourth-order valence-electron chi connectivity index (χ4n) is 3.67. The lowest BCUT2D eigenvalue weighted by molar-refractivity contribution is -0.387. The van der Waals surface area contributed by atoms with Crippen molar-refractivity contribution in [2.24, 2.45) is 0 Å². The number of ether oxygens (including phenoxy) is 1. The van der Waals surface area contributed by atoms with Gasteiger partial charge < -0.3 is 14.5 Å². The predicted molar refractivity (Wildman–Crippen MR) is 128 cm³/mol. The van der Waals surface area contributed by atoms with E-state index in [0.717, 1.165) is 34.2 Å². The molecule has 0 saturated carbocycles. The maximum absolute atomic E-state index is 13.6. The normalized spacial score (nSPS) is 11.5. The average Bonchev–Trinajstić information content (AvgIpc) is 3.22. The highest BCUT2D eigenvalue weighted by molar-refractivity contribution is 6.05. The number of methoxy groups -OCH3 is 1. The van der Waals surface area contributed by atoms with Crippen LogP contribution in [0, 0.1) is 22.9 Å². The third-order valence-electron chi connectivity index (χ3n) is 5.44. The lowest BCUT2D eigenvalue weighted by atomic mass is 9.99. The number of furan rings is 1. The van der Waals surface area contributed by atoms with Gasteiger partial charge in [-0.2, -0.15) is 4.39 Å². The SMILES string of the molecule is COc1cc2occ(-c3ccc(C)cc3)c2cc1/C(C)=C/C(=O)Nc1ccc(F)c([N+](=O)[O-])c1. The number of aryl methyl sites for hydroxylation is 1. The van der Waals surface area contributed by atoms with E-state index in [1.165, 1.54) is 19.3 Å². The Balaban J connectivity index is 1.68. The molecule has 1 heterocycles. The van der Waals surface area contributed by atoms with Crippen LogP contribution in [0.25, 0.3) is 27.7 Å². The van der Waals surface area contributed by atoms with Gasteiger partial charge in [-0.1, -0.05) is 29.8 Å². The van der Waals surface area contributed by atoms with E-state index in [4.69, 9.17) is 9.15 Å². The van der Waals surface area contributed by atoms with Gasteiger partial charge in [0.2, 0.25) is 11.7 Å². The largest absolute Gasteiger partial charge is 0.496 e. The maximum Gasteiger partial charge on any atom is 0.306 e. The molecular weight excluding hydrogens is 439 g/mol. The molecule has 7 nitrogen and oxygen atoms in total. The molecule has 1 N–H and O–H groups in total. The molecule has 0 aliphatic heterocycles. The number of nitrogens with one attached hydrogen (secondary N) is 1. The van der Waals surface area contributed by atoms with Crippen LogP contribution in [-0.4, -0.2) is 17.9 Å². The van der Waals surface area contributed by atoms with Crippen LogP contribution in [0.1, 0.15) is 18.1 Å². The number of benzene rings is 3. The summed E-state index contributed by atoms with van der Waals surface area (Å²) in [5, 5.41) is 14.3. The number of rotatable bonds is 6. The first-order valence-corrected chi connectivity index (χ1v) is 10.4. The van der Waals surface area contributed by atoms with Crippen molar-refractivity contribution in [3.05, 3.63) is 94.0 Å². The highest BCUT2D eigenvalue weighted by Gasteiger charge is 2.17. The van der Waals surface area contributed by atoms with Crippen LogP contribution in [0.5, 0.6) is 5.75 Å². The number of fused-ring (bicyclic) bond motifs is 1. The number of hydrogen-bond donors (Lipinski definition) is 1. The second-order valence-corrected chi connectivity index (χ2v) is 7.80. The summed E-state index contributed by atoms with van der Waals surface area (Å²) in [7, 11) is 1.53. The van der Waals surface area contributed by atoms with Crippen LogP contribution in [0.15, 0.2) is 71.4 Å². The van der Waals surface area contributed by atoms with Crippen molar-refractivity contribution in [2.45, 2.75) is 13.8 Å². The molecule has 0 saturated heterocycles. The standard InChI is InChI=1S/C26H21FN2O5/c1-15-4-6-17(7-5-15)21-14-34-25-13-24(33-3)19(12-20(21)25)16(2)10-26(30)28-18-8-9-22(27)23(11-18)29(31)32/h4-14H,1-3H3,(H,28,30)/b16-10+. The maximum atomic E-state index is 13.6. The summed E-state index contributed by atoms with van der Waals surface area (Å²) in [6.45, 7) is 3.77. The van der Waals surface area contributed by atoms with Crippen molar-refractivity contribution in [1.29, 1.82) is 0 Å². The van der Waals surface area contributed by atoms with Crippen molar-refractivity contribution in [1.82, 2.24) is 0 Å². The van der Waals surface area contributed by atoms with Crippen molar-refractivity contribution >= 4 is 33.8 Å². The second-order valence-electron chi connectivity index (χ2n) is 7.80. The van der Waals surface area contributed by atoms with Crippen molar-refractivity contribution in [3.8, 4) is 16.9 Å². The summed E-state index contributed by atoms with van der Waals surface area (Å²) in [6, 6.07) is 14.9. The molecule has 0 aliphatic carbocycles. The minimum atomic E-state index is -0.975. The number of amides is 1. The summed E-state index contributed by atoms with van der Waals surface area (Å²) in [4.78, 5) is 22.7. The molecule has 1 amide bonds. The molecule has 34 heavy (non-hydrogen) atoms. The molecule has 0 radical (unpaired) electrons. The zero-order chi connectivity index (χ0) is 24.4. The zero-order valence-electron chi connectivity index (χ0n) is 18.7. The van der Waals surface area contributed by atoms with E-state index in [1.807, 2.05) is 37.3 Å². The summed E-state index contributed by atoms with van der Waals surface area (Å²) < 4.78 is 24.8. The van der Waals surface area contributed by atoms with Gasteiger partial charge in [0.15, 0.2) is 0 Å². The van der Waals surface area contributed by atoms with Crippen LogP contribution >= 0.6 is 0 Å². The van der Waals surface area contributed by atoms with Gasteiger partial charge >= 0.3 is 5.69 Å². The lowest BCUT2D eigenvalue weighted by Crippen LogP contribution is -2.09. The van der Waals surface area contributed by atoms with Gasteiger partial charge in [0.25, 0.3) is 0 Å². The molecule has 0 bridgehead atoms. The number of allylic oxidation sites excluding steroid dienone is 1. The highest BCUT2D eigenvalue weighted by atomic mass is 19.1. The minimum Gasteiger partial charge on any atom is -0.496 e. The minimum absolute atomic E-state index is 0.112. The number of hydrogen-bond acceptors (Lipinski definition) is 5. The molecule has 0 fully saturated rings. The summed E-state index contributed by atoms with van der Waals surface area (Å²) in [5.74, 6) is -0.972. The molecule has 4 aromatic rings. The number of nitro benzene ring substituents is 1. The molecule has 8 heteroatoms. The average molecular weight is 460 g/mol. The molecule has 0 spiro atoms. The van der Waals surface area contributed by atoms with Crippen LogP contribution in [-0.2, 0) is 4.79 Å². The topological polar surface area (TPSA) is 94.6 Å². The summed E-state index contributed by atoms with van der Waals surface area (Å²) in [6.07, 6.45) is 3.04. The van der Waals surface area contributed by atoms with E-state index in [9.17, 15) is 19.3 Å². The van der Waals surface area contributed by atoms with E-state index in [-0.39, 0.29) is 5.69 Å². The molecule has 172 valence electrons. The first-order chi connectivity index (χ1) is 16.3. The lowest BCUT2D eigenvalue weighted by Gasteiger charge is -2.10. The monoisotopic (exact) mass is 460 g/mol. The van der Waals surface area contributed by atoms with E-state index >= 15 is 0 Å². The summed E-state index contributed by atoms with van der Waals surface area (Å²) >= 11 is 0. The number of nitrogens with zero attached hydrogens (tertiary/aromatic N) is 1. The number of anilines is 1. The van der Waals surface area contributed by atoms with Gasteiger partial charge in [-0.3, -0.25) is 14.9 Å². The van der Waals surface area contributed by atoms with Gasteiger partial charge in [-0.25, -0.2) is 0 Å². The van der Waals surface area contributed by atoms with Gasteiger partial charge in [-0.15, -0.1) is 0 Å². The Morgan fingerprint density at radius 3 is 2.56 bits per heavy atom. The van der Waals surface area contributed by atoms with E-state index in [2.05, 4.69) is 5.32 Å². The Bertz CT molecular complexity index is 1440. The predicted octanol–water partition coefficient (Wildman–Crippen LogP) is 6.51. The molecule has 0 unspecified atom stereocenters. The van der Waals surface area contributed by atoms with E-state index < -0.39 is 22.3 Å². The van der Waals surface area contributed by atoms with Crippen molar-refractivity contribution in [3.63, 3.8) is 0 Å². The first-order valence-electron chi connectivity index (χ1n) is 10.4. The molecule has 0 atom stereocenters. The van der Waals surface area contributed by atoms with E-state index in [0.29, 0.717) is 22.5 Å². The molecule has 4 rings (SSSR count). The number of nitro groups is 1. The third kappa shape index (κ3) is 4.52. The third-order valence-corrected chi connectivity index (χ3v) is 5.44. The van der Waals surface area contributed by atoms with Crippen molar-refractivity contribution in [2.75, 3.05) is 12.4 Å². The second kappa shape index (κ2) is 9.19. The molecule has 0 aliphatic rings. The van der Waals surface area contributed by atoms with Gasteiger partial charge in [0, 0.05) is 40.4 Å². The first kappa shape index (κ1) is 22.7. The summed E-state index contributed by atoms with van der Waals surface area (Å²) in [5.41, 5.74) is 4.39. The van der Waals surface area contributed by atoms with Crippen LogP contribution in [0.4, 0.5) is 15.8 Å². The fourth-order valence-corrected chi connectivity index (χ4v) is 3.67. The van der Waals surface area contributed by atoms with Crippen molar-refractivity contribution < 1.29 is 23.3 Å². The van der Waals surface area contributed by atoms with Gasteiger partial charge in [-0.05, 0) is 43.2 Å². The van der Waals surface area contributed by atoms with Gasteiger partial charge in [0.05, 0.1) is 18.3 Å².